The molecular formula is C10H12F2N2O2. The Morgan fingerprint density at radius 1 is 1.31 bits per heavy atom. The molecule has 4 N–H and O–H groups in total. The molecule has 0 radical (unpaired) electrons. The molecule has 1 aliphatic rings. The Morgan fingerprint density at radius 2 is 2.06 bits per heavy atom. The van der Waals surface area contributed by atoms with Crippen LogP contribution >= 0.6 is 0 Å². The summed E-state index contributed by atoms with van der Waals surface area (Å²) < 4.78 is 34.4. The van der Waals surface area contributed by atoms with Gasteiger partial charge in [0.15, 0.2) is 11.5 Å². The first kappa shape index (κ1) is 11.1. The molecule has 6 heteroatoms. The minimum absolute atomic E-state index is 0.00782. The van der Waals surface area contributed by atoms with E-state index < -0.39 is 12.3 Å². The first-order chi connectivity index (χ1) is 7.53. The zero-order valence-electron chi connectivity index (χ0n) is 8.45. The minimum Gasteiger partial charge on any atom is -0.395 e. The van der Waals surface area contributed by atoms with Crippen LogP contribution in [-0.4, -0.2) is 12.8 Å². The van der Waals surface area contributed by atoms with Crippen LogP contribution in [0.4, 0.5) is 8.78 Å². The van der Waals surface area contributed by atoms with E-state index in [1.807, 2.05) is 0 Å². The molecule has 0 aromatic heterocycles. The van der Waals surface area contributed by atoms with Gasteiger partial charge in [-0.25, -0.2) is 0 Å². The normalized spacial score (nSPS) is 18.5. The predicted octanol–water partition coefficient (Wildman–Crippen LogP) is 1.36. The lowest BCUT2D eigenvalue weighted by Crippen LogP contribution is -2.26. The van der Waals surface area contributed by atoms with Gasteiger partial charge >= 0.3 is 6.29 Å². The number of fused-ring (bicyclic) bond motifs is 1. The van der Waals surface area contributed by atoms with Crippen molar-refractivity contribution in [2.24, 2.45) is 11.5 Å². The zero-order chi connectivity index (χ0) is 11.8. The van der Waals surface area contributed by atoms with E-state index in [4.69, 9.17) is 11.5 Å². The quantitative estimate of drug-likeness (QED) is 0.822. The van der Waals surface area contributed by atoms with E-state index in [1.165, 1.54) is 6.07 Å². The van der Waals surface area contributed by atoms with Crippen LogP contribution in [0.25, 0.3) is 0 Å². The van der Waals surface area contributed by atoms with Crippen LogP contribution in [-0.2, 0) is 0 Å². The van der Waals surface area contributed by atoms with Crippen molar-refractivity contribution in [3.63, 3.8) is 0 Å². The van der Waals surface area contributed by atoms with Gasteiger partial charge in [0.2, 0.25) is 0 Å². The number of nitrogens with two attached hydrogens (primary N) is 2. The van der Waals surface area contributed by atoms with E-state index in [-0.39, 0.29) is 11.5 Å². The molecule has 88 valence electrons. The summed E-state index contributed by atoms with van der Waals surface area (Å²) in [6, 6.07) is 4.20. The van der Waals surface area contributed by atoms with Crippen molar-refractivity contribution in [3.05, 3.63) is 23.8 Å². The fraction of sp³-hybridized carbons (Fsp3) is 0.400. The molecule has 0 saturated heterocycles. The monoisotopic (exact) mass is 230 g/mol. The van der Waals surface area contributed by atoms with Gasteiger partial charge in [0.05, 0.1) is 0 Å². The van der Waals surface area contributed by atoms with Gasteiger partial charge in [-0.15, -0.1) is 8.78 Å². The highest BCUT2D eigenvalue weighted by atomic mass is 19.3. The molecule has 0 saturated carbocycles. The summed E-state index contributed by atoms with van der Waals surface area (Å²) >= 11 is 0. The van der Waals surface area contributed by atoms with Gasteiger partial charge in [0.25, 0.3) is 0 Å². The van der Waals surface area contributed by atoms with Crippen LogP contribution in [0.3, 0.4) is 0 Å². The van der Waals surface area contributed by atoms with E-state index >= 15 is 0 Å². The van der Waals surface area contributed by atoms with E-state index in [0.29, 0.717) is 18.5 Å². The standard InChI is InChI=1S/C10H12F2N2O2/c11-10(12)15-8-3-1-2-6(9(8)16-10)7(14)4-5-13/h1-3,7H,4-5,13-14H2/t7-/m1/s1. The van der Waals surface area contributed by atoms with Crippen LogP contribution in [0.1, 0.15) is 18.0 Å². The molecule has 1 aliphatic heterocycles. The van der Waals surface area contributed by atoms with Gasteiger partial charge in [0.1, 0.15) is 0 Å². The molecular weight excluding hydrogens is 218 g/mol. The second kappa shape index (κ2) is 3.88. The number of ether oxygens (including phenoxy) is 2. The third kappa shape index (κ3) is 1.94. The Bertz CT molecular complexity index is 398. The molecule has 0 unspecified atom stereocenters. The highest BCUT2D eigenvalue weighted by Gasteiger charge is 2.44. The van der Waals surface area contributed by atoms with Crippen LogP contribution in [0, 0.1) is 0 Å². The molecule has 2 rings (SSSR count). The fourth-order valence-electron chi connectivity index (χ4n) is 1.62. The molecule has 0 spiro atoms. The summed E-state index contributed by atoms with van der Waals surface area (Å²) in [6.45, 7) is 0.377. The van der Waals surface area contributed by atoms with Crippen molar-refractivity contribution >= 4 is 0 Å². The SMILES string of the molecule is NCC[C@@H](N)c1cccc2c1OC(F)(F)O2. The highest BCUT2D eigenvalue weighted by molar-refractivity contribution is 5.50. The maximum absolute atomic E-state index is 12.9. The van der Waals surface area contributed by atoms with Gasteiger partial charge < -0.3 is 20.9 Å². The number of benzene rings is 1. The van der Waals surface area contributed by atoms with Crippen molar-refractivity contribution in [1.29, 1.82) is 0 Å². The average molecular weight is 230 g/mol. The Balaban J connectivity index is 2.33. The zero-order valence-corrected chi connectivity index (χ0v) is 8.45. The predicted molar refractivity (Wildman–Crippen MR) is 53.2 cm³/mol. The summed E-state index contributed by atoms with van der Waals surface area (Å²) in [4.78, 5) is 0. The van der Waals surface area contributed by atoms with Crippen molar-refractivity contribution in [1.82, 2.24) is 0 Å². The molecule has 1 heterocycles. The van der Waals surface area contributed by atoms with Gasteiger partial charge in [-0.2, -0.15) is 0 Å². The van der Waals surface area contributed by atoms with Gasteiger partial charge in [-0.3, -0.25) is 0 Å². The lowest BCUT2D eigenvalue weighted by atomic mass is 10.0. The third-order valence-corrected chi connectivity index (χ3v) is 2.34. The second-order valence-electron chi connectivity index (χ2n) is 3.53. The van der Waals surface area contributed by atoms with Gasteiger partial charge in [-0.1, -0.05) is 12.1 Å². The average Bonchev–Trinajstić information content (AvgIpc) is 2.51. The summed E-state index contributed by atoms with van der Waals surface area (Å²) in [7, 11) is 0. The molecule has 1 atom stereocenters. The Kier molecular flexibility index (Phi) is 2.69. The molecule has 0 aliphatic carbocycles. The molecule has 0 fully saturated rings. The summed E-state index contributed by atoms with van der Waals surface area (Å²) in [5.74, 6) is 0.0171. The number of hydrogen-bond donors (Lipinski definition) is 2. The van der Waals surface area contributed by atoms with Crippen LogP contribution in [0.15, 0.2) is 18.2 Å². The van der Waals surface area contributed by atoms with Crippen LogP contribution < -0.4 is 20.9 Å². The molecule has 1 aromatic rings. The largest absolute Gasteiger partial charge is 0.586 e. The van der Waals surface area contributed by atoms with Crippen molar-refractivity contribution < 1.29 is 18.3 Å². The Labute approximate surface area is 91.1 Å². The van der Waals surface area contributed by atoms with E-state index in [2.05, 4.69) is 9.47 Å². The maximum Gasteiger partial charge on any atom is 0.586 e. The molecule has 0 amide bonds. The van der Waals surface area contributed by atoms with Gasteiger partial charge in [-0.05, 0) is 19.0 Å². The molecule has 1 aromatic carbocycles. The summed E-state index contributed by atoms with van der Waals surface area (Å²) in [5, 5.41) is 0. The number of halogens is 2. The van der Waals surface area contributed by atoms with E-state index in [9.17, 15) is 8.78 Å². The maximum atomic E-state index is 12.9. The van der Waals surface area contributed by atoms with E-state index in [1.54, 1.807) is 12.1 Å². The number of alkyl halides is 2. The smallest absolute Gasteiger partial charge is 0.395 e. The highest BCUT2D eigenvalue weighted by Crippen LogP contribution is 2.44. The topological polar surface area (TPSA) is 70.5 Å². The second-order valence-corrected chi connectivity index (χ2v) is 3.53. The van der Waals surface area contributed by atoms with E-state index in [0.717, 1.165) is 0 Å². The van der Waals surface area contributed by atoms with Crippen molar-refractivity contribution in [2.75, 3.05) is 6.54 Å². The van der Waals surface area contributed by atoms with Crippen LogP contribution in [0.5, 0.6) is 11.5 Å². The number of rotatable bonds is 3. The number of hydrogen-bond acceptors (Lipinski definition) is 4. The first-order valence-electron chi connectivity index (χ1n) is 4.88. The van der Waals surface area contributed by atoms with Crippen LogP contribution in [0.2, 0.25) is 0 Å². The summed E-state index contributed by atoms with van der Waals surface area (Å²) in [5.41, 5.74) is 11.7. The lowest BCUT2D eigenvalue weighted by molar-refractivity contribution is -0.287. The van der Waals surface area contributed by atoms with Crippen molar-refractivity contribution in [3.8, 4) is 11.5 Å². The first-order valence-corrected chi connectivity index (χ1v) is 4.88. The lowest BCUT2D eigenvalue weighted by Gasteiger charge is -2.13. The molecule has 16 heavy (non-hydrogen) atoms. The molecule has 4 nitrogen and oxygen atoms in total. The Morgan fingerprint density at radius 3 is 2.75 bits per heavy atom. The van der Waals surface area contributed by atoms with Gasteiger partial charge in [0, 0.05) is 11.6 Å². The Hall–Kier alpha value is -1.40. The fourth-order valence-corrected chi connectivity index (χ4v) is 1.62. The summed E-state index contributed by atoms with van der Waals surface area (Å²) in [6.07, 6.45) is -3.12. The molecule has 0 bridgehead atoms. The minimum atomic E-state index is -3.61. The van der Waals surface area contributed by atoms with Crippen molar-refractivity contribution in [2.45, 2.75) is 18.8 Å². The third-order valence-electron chi connectivity index (χ3n) is 2.34. The number of para-hydroxylation sites is 1.